The van der Waals surface area contributed by atoms with Crippen molar-refractivity contribution in [2.75, 3.05) is 25.6 Å². The molecule has 2 aromatic heterocycles. The molecule has 0 aliphatic rings. The van der Waals surface area contributed by atoms with E-state index < -0.39 is 21.6 Å². The molecule has 0 aliphatic carbocycles. The molecule has 0 radical (unpaired) electrons. The second-order valence-electron chi connectivity index (χ2n) is 12.6. The number of aromatic nitrogens is 4. The second-order valence-corrected chi connectivity index (χ2v) is 16.0. The van der Waals surface area contributed by atoms with E-state index in [1.807, 2.05) is 138 Å². The maximum absolute atomic E-state index is 14.2. The normalized spacial score (nSPS) is 12.2. The van der Waals surface area contributed by atoms with E-state index in [0.717, 1.165) is 22.3 Å². The number of rotatable bonds is 23. The van der Waals surface area contributed by atoms with Crippen LogP contribution < -0.4 is 5.32 Å². The van der Waals surface area contributed by atoms with Gasteiger partial charge in [-0.1, -0.05) is 133 Å². The lowest BCUT2D eigenvalue weighted by molar-refractivity contribution is 0.0627. The molecule has 6 rings (SSSR count). The fourth-order valence-corrected chi connectivity index (χ4v) is 7.85. The minimum absolute atomic E-state index is 0.00150. The molecule has 0 spiro atoms. The standard InChI is InChI=1S/C41H45N5O8P2/c1-42-40-39-41(44-32-43-40)46(33-45-39)25-15-14-24-38(30-53-55(47,49-26-34-16-6-2-7-17-34)50-27-35-18-8-3-9-19-35)31-54-56(48,51-28-36-20-10-4-11-21-36)52-29-37-22-12-5-13-23-37/h2-23,32-33,38H,24-31H2,1H3,(H,42,43,44)/b15-14-. The third-order valence-electron chi connectivity index (χ3n) is 8.44. The van der Waals surface area contributed by atoms with Crippen molar-refractivity contribution in [3.8, 4) is 0 Å². The Balaban J connectivity index is 1.19. The smallest absolute Gasteiger partial charge is 0.371 e. The van der Waals surface area contributed by atoms with Gasteiger partial charge in [-0.3, -0.25) is 27.1 Å². The van der Waals surface area contributed by atoms with E-state index in [1.165, 1.54) is 6.33 Å². The van der Waals surface area contributed by atoms with Crippen LogP contribution in [0, 0.1) is 5.92 Å². The van der Waals surface area contributed by atoms with Crippen LogP contribution in [0.3, 0.4) is 0 Å². The van der Waals surface area contributed by atoms with E-state index in [-0.39, 0.29) is 39.6 Å². The number of benzene rings is 4. The molecule has 0 amide bonds. The first-order chi connectivity index (χ1) is 27.4. The van der Waals surface area contributed by atoms with Crippen LogP contribution in [0.2, 0.25) is 0 Å². The van der Waals surface area contributed by atoms with Crippen LogP contribution in [0.5, 0.6) is 0 Å². The minimum Gasteiger partial charge on any atom is -0.371 e. The van der Waals surface area contributed by atoms with Crippen molar-refractivity contribution in [2.24, 2.45) is 5.92 Å². The second kappa shape index (κ2) is 20.9. The average molecular weight is 798 g/mol. The fourth-order valence-electron chi connectivity index (χ4n) is 5.39. The number of imidazole rings is 1. The molecule has 13 nitrogen and oxygen atoms in total. The van der Waals surface area contributed by atoms with Crippen molar-refractivity contribution in [3.05, 3.63) is 168 Å². The molecule has 0 bridgehead atoms. The summed E-state index contributed by atoms with van der Waals surface area (Å²) >= 11 is 0. The molecule has 292 valence electrons. The molecule has 4 aromatic carbocycles. The fraction of sp³-hybridized carbons (Fsp3) is 0.244. The molecule has 0 fully saturated rings. The molecule has 0 aliphatic heterocycles. The van der Waals surface area contributed by atoms with Crippen LogP contribution in [-0.2, 0) is 69.2 Å². The van der Waals surface area contributed by atoms with E-state index in [1.54, 1.807) is 13.4 Å². The monoisotopic (exact) mass is 797 g/mol. The number of nitrogens with one attached hydrogen (secondary N) is 1. The highest BCUT2D eigenvalue weighted by atomic mass is 31.2. The Kier molecular flexibility index (Phi) is 15.3. The van der Waals surface area contributed by atoms with E-state index in [4.69, 9.17) is 27.1 Å². The molecule has 0 saturated carbocycles. The van der Waals surface area contributed by atoms with Gasteiger partial charge in [-0.05, 0) is 28.7 Å². The summed E-state index contributed by atoms with van der Waals surface area (Å²) in [4.78, 5) is 13.1. The summed E-state index contributed by atoms with van der Waals surface area (Å²) < 4.78 is 65.8. The van der Waals surface area contributed by atoms with Gasteiger partial charge in [0, 0.05) is 19.5 Å². The first kappa shape index (κ1) is 40.8. The number of fused-ring (bicyclic) bond motifs is 1. The van der Waals surface area contributed by atoms with E-state index in [9.17, 15) is 9.13 Å². The van der Waals surface area contributed by atoms with Crippen molar-refractivity contribution in [3.63, 3.8) is 0 Å². The van der Waals surface area contributed by atoms with Gasteiger partial charge in [-0.25, -0.2) is 24.1 Å². The highest BCUT2D eigenvalue weighted by molar-refractivity contribution is 7.48. The summed E-state index contributed by atoms with van der Waals surface area (Å²) in [5, 5.41) is 3.03. The number of hydrogen-bond acceptors (Lipinski definition) is 12. The van der Waals surface area contributed by atoms with E-state index >= 15 is 0 Å². The van der Waals surface area contributed by atoms with Gasteiger partial charge in [0.05, 0.1) is 46.0 Å². The SMILES string of the molecule is CNc1ncnc2c1ncn2C/C=C\CC(COP(=O)(OCc1ccccc1)OCc1ccccc1)COP(=O)(OCc1ccccc1)OCc1ccccc1. The molecule has 0 unspecified atom stereocenters. The first-order valence-electron chi connectivity index (χ1n) is 18.1. The Morgan fingerprint density at radius 2 is 1.02 bits per heavy atom. The van der Waals surface area contributed by atoms with Crippen LogP contribution in [-0.4, -0.2) is 39.8 Å². The number of nitrogens with zero attached hydrogens (tertiary/aromatic N) is 4. The van der Waals surface area contributed by atoms with Gasteiger partial charge in [0.25, 0.3) is 0 Å². The minimum atomic E-state index is -4.13. The van der Waals surface area contributed by atoms with Gasteiger partial charge in [0.15, 0.2) is 11.5 Å². The Labute approximate surface area is 326 Å². The number of phosphoric acid groups is 2. The molecule has 56 heavy (non-hydrogen) atoms. The number of phosphoric ester groups is 2. The Morgan fingerprint density at radius 3 is 1.43 bits per heavy atom. The van der Waals surface area contributed by atoms with Gasteiger partial charge in [-0.15, -0.1) is 0 Å². The van der Waals surface area contributed by atoms with Gasteiger partial charge in [0.2, 0.25) is 0 Å². The molecule has 2 heterocycles. The van der Waals surface area contributed by atoms with E-state index in [2.05, 4.69) is 20.3 Å². The predicted molar refractivity (Wildman–Crippen MR) is 214 cm³/mol. The molecule has 1 N–H and O–H groups in total. The zero-order chi connectivity index (χ0) is 38.9. The van der Waals surface area contributed by atoms with Gasteiger partial charge >= 0.3 is 15.6 Å². The van der Waals surface area contributed by atoms with Crippen LogP contribution >= 0.6 is 15.6 Å². The Hall–Kier alpha value is -4.81. The molecule has 6 aromatic rings. The van der Waals surface area contributed by atoms with E-state index in [0.29, 0.717) is 29.9 Å². The highest BCUT2D eigenvalue weighted by Crippen LogP contribution is 2.53. The summed E-state index contributed by atoms with van der Waals surface area (Å²) in [6.45, 7) is 0.208. The molecular formula is C41H45N5O8P2. The number of hydrogen-bond donors (Lipinski definition) is 1. The molecular weight excluding hydrogens is 752 g/mol. The third-order valence-corrected chi connectivity index (χ3v) is 11.2. The third kappa shape index (κ3) is 12.6. The summed E-state index contributed by atoms with van der Waals surface area (Å²) in [5.74, 6) is 0.140. The summed E-state index contributed by atoms with van der Waals surface area (Å²) in [7, 11) is -6.48. The predicted octanol–water partition coefficient (Wildman–Crippen LogP) is 9.55. The van der Waals surface area contributed by atoms with Crippen molar-refractivity contribution < 1.29 is 36.3 Å². The van der Waals surface area contributed by atoms with Crippen molar-refractivity contribution >= 4 is 32.6 Å². The zero-order valence-electron chi connectivity index (χ0n) is 31.0. The van der Waals surface area contributed by atoms with Crippen molar-refractivity contribution in [1.29, 1.82) is 0 Å². The average Bonchev–Trinajstić information content (AvgIpc) is 3.68. The largest absolute Gasteiger partial charge is 0.475 e. The lowest BCUT2D eigenvalue weighted by Crippen LogP contribution is -2.17. The molecule has 0 saturated heterocycles. The lowest BCUT2D eigenvalue weighted by Gasteiger charge is -2.24. The molecule has 0 atom stereocenters. The maximum atomic E-state index is 14.2. The van der Waals surface area contributed by atoms with Gasteiger partial charge in [-0.2, -0.15) is 0 Å². The Bertz CT molecular complexity index is 1990. The molecule has 15 heteroatoms. The highest BCUT2D eigenvalue weighted by Gasteiger charge is 2.32. The van der Waals surface area contributed by atoms with Crippen LogP contribution in [0.1, 0.15) is 28.7 Å². The number of anilines is 1. The zero-order valence-corrected chi connectivity index (χ0v) is 32.8. The summed E-state index contributed by atoms with van der Waals surface area (Å²) in [6, 6.07) is 37.4. The van der Waals surface area contributed by atoms with Crippen LogP contribution in [0.15, 0.2) is 146 Å². The quantitative estimate of drug-likeness (QED) is 0.0487. The topological polar surface area (TPSA) is 145 Å². The lowest BCUT2D eigenvalue weighted by atomic mass is 10.1. The van der Waals surface area contributed by atoms with Crippen LogP contribution in [0.4, 0.5) is 5.82 Å². The van der Waals surface area contributed by atoms with Gasteiger partial charge in [0.1, 0.15) is 11.8 Å². The summed E-state index contributed by atoms with van der Waals surface area (Å²) in [5.41, 5.74) is 4.53. The Morgan fingerprint density at radius 1 is 0.589 bits per heavy atom. The summed E-state index contributed by atoms with van der Waals surface area (Å²) in [6.07, 6.45) is 7.44. The van der Waals surface area contributed by atoms with Crippen molar-refractivity contribution in [2.45, 2.75) is 39.4 Å². The van der Waals surface area contributed by atoms with Gasteiger partial charge < -0.3 is 9.88 Å². The number of allylic oxidation sites excluding steroid dienone is 2. The van der Waals surface area contributed by atoms with Crippen molar-refractivity contribution in [1.82, 2.24) is 19.5 Å². The van der Waals surface area contributed by atoms with Crippen LogP contribution in [0.25, 0.3) is 11.2 Å². The maximum Gasteiger partial charge on any atom is 0.475 e. The first-order valence-corrected chi connectivity index (χ1v) is 21.0.